The van der Waals surface area contributed by atoms with Crippen LogP contribution in [0.5, 0.6) is 0 Å². The van der Waals surface area contributed by atoms with Gasteiger partial charge >= 0.3 is 0 Å². The van der Waals surface area contributed by atoms with Gasteiger partial charge < -0.3 is 4.90 Å². The minimum atomic E-state index is -0.496. The zero-order valence-electron chi connectivity index (χ0n) is 17.7. The lowest BCUT2D eigenvalue weighted by Crippen LogP contribution is -2.54. The predicted molar refractivity (Wildman–Crippen MR) is 133 cm³/mol. The lowest BCUT2D eigenvalue weighted by atomic mass is 9.88. The molecule has 5 nitrogen and oxygen atoms in total. The number of amides is 2. The largest absolute Gasteiger partial charge is 0.366 e. The third-order valence-electron chi connectivity index (χ3n) is 5.72. The number of likely N-dealkylation sites (N-methyl/N-ethyl adjacent to an activating group) is 1. The fraction of sp³-hybridized carbons (Fsp3) is 0.208. The minimum absolute atomic E-state index is 0.0413. The Morgan fingerprint density at radius 1 is 1.13 bits per heavy atom. The van der Waals surface area contributed by atoms with E-state index in [1.165, 1.54) is 4.90 Å². The van der Waals surface area contributed by atoms with Crippen molar-refractivity contribution in [2.24, 2.45) is 0 Å². The number of hydrogen-bond donors (Lipinski definition) is 1. The fourth-order valence-electron chi connectivity index (χ4n) is 3.94. The molecule has 0 saturated carbocycles. The van der Waals surface area contributed by atoms with Crippen LogP contribution in [0.3, 0.4) is 0 Å². The summed E-state index contributed by atoms with van der Waals surface area (Å²) in [5, 5.41) is 2.70. The molecule has 7 heteroatoms. The molecule has 0 bridgehead atoms. The lowest BCUT2D eigenvalue weighted by molar-refractivity contribution is -0.122. The Morgan fingerprint density at radius 3 is 2.58 bits per heavy atom. The van der Waals surface area contributed by atoms with E-state index in [2.05, 4.69) is 60.0 Å². The standard InChI is InChI=1S/C24H22BrN3O2S/c1-14-13-24(2,3)27(4)20-9-8-15(10-18(14)20)11-19-21(29)26-23(31)28(22(19)30)17-7-5-6-16(25)12-17/h5-13H,1-4H3,(H,26,29,31)/b19-11+. The number of anilines is 2. The molecule has 1 N–H and O–H groups in total. The molecule has 2 aliphatic heterocycles. The zero-order chi connectivity index (χ0) is 22.5. The molecule has 1 saturated heterocycles. The highest BCUT2D eigenvalue weighted by molar-refractivity contribution is 9.10. The molecule has 0 radical (unpaired) electrons. The van der Waals surface area contributed by atoms with Crippen molar-refractivity contribution in [2.75, 3.05) is 16.8 Å². The van der Waals surface area contributed by atoms with Gasteiger partial charge in [0.2, 0.25) is 0 Å². The molecule has 0 aromatic heterocycles. The van der Waals surface area contributed by atoms with Gasteiger partial charge in [-0.15, -0.1) is 0 Å². The van der Waals surface area contributed by atoms with Gasteiger partial charge in [0.25, 0.3) is 11.8 Å². The number of carbonyl (C=O) groups is 2. The van der Waals surface area contributed by atoms with E-state index in [1.807, 2.05) is 30.3 Å². The first-order valence-electron chi connectivity index (χ1n) is 9.83. The van der Waals surface area contributed by atoms with Gasteiger partial charge in [-0.3, -0.25) is 19.8 Å². The third kappa shape index (κ3) is 3.83. The van der Waals surface area contributed by atoms with E-state index in [9.17, 15) is 9.59 Å². The summed E-state index contributed by atoms with van der Waals surface area (Å²) in [5.74, 6) is -0.945. The molecule has 31 heavy (non-hydrogen) atoms. The van der Waals surface area contributed by atoms with Gasteiger partial charge in [0.1, 0.15) is 5.57 Å². The normalized spacial score (nSPS) is 19.3. The van der Waals surface area contributed by atoms with Crippen molar-refractivity contribution < 1.29 is 9.59 Å². The first-order chi connectivity index (χ1) is 14.6. The Labute approximate surface area is 195 Å². The van der Waals surface area contributed by atoms with Crippen molar-refractivity contribution in [3.05, 3.63) is 69.7 Å². The van der Waals surface area contributed by atoms with Crippen LogP contribution in [0.4, 0.5) is 11.4 Å². The highest BCUT2D eigenvalue weighted by Gasteiger charge is 2.35. The number of halogens is 1. The van der Waals surface area contributed by atoms with Crippen molar-refractivity contribution >= 4 is 68.1 Å². The molecule has 0 unspecified atom stereocenters. The van der Waals surface area contributed by atoms with Crippen molar-refractivity contribution in [1.29, 1.82) is 0 Å². The highest BCUT2D eigenvalue weighted by Crippen LogP contribution is 2.38. The molecule has 0 atom stereocenters. The van der Waals surface area contributed by atoms with Crippen molar-refractivity contribution in [3.63, 3.8) is 0 Å². The molecule has 2 aromatic carbocycles. The van der Waals surface area contributed by atoms with E-state index in [4.69, 9.17) is 12.2 Å². The monoisotopic (exact) mass is 495 g/mol. The van der Waals surface area contributed by atoms with E-state index in [1.54, 1.807) is 18.2 Å². The molecular formula is C24H22BrN3O2S. The topological polar surface area (TPSA) is 52.7 Å². The third-order valence-corrected chi connectivity index (χ3v) is 6.50. The molecular weight excluding hydrogens is 474 g/mol. The van der Waals surface area contributed by atoms with Crippen LogP contribution in [0.15, 0.2) is 58.6 Å². The lowest BCUT2D eigenvalue weighted by Gasteiger charge is -2.40. The summed E-state index contributed by atoms with van der Waals surface area (Å²) >= 11 is 8.68. The Hall–Kier alpha value is -2.77. The number of rotatable bonds is 2. The Balaban J connectivity index is 1.75. The Kier molecular flexibility index (Phi) is 5.35. The van der Waals surface area contributed by atoms with Crippen LogP contribution in [0.25, 0.3) is 11.6 Å². The van der Waals surface area contributed by atoms with E-state index in [-0.39, 0.29) is 16.2 Å². The van der Waals surface area contributed by atoms with Gasteiger partial charge in [-0.1, -0.05) is 34.1 Å². The molecule has 4 rings (SSSR count). The molecule has 2 heterocycles. The van der Waals surface area contributed by atoms with Crippen LogP contribution in [0.2, 0.25) is 0 Å². The van der Waals surface area contributed by atoms with Gasteiger partial charge in [-0.25, -0.2) is 0 Å². The summed E-state index contributed by atoms with van der Waals surface area (Å²) in [6.07, 6.45) is 3.84. The van der Waals surface area contributed by atoms with Gasteiger partial charge in [0.05, 0.1) is 11.2 Å². The molecule has 1 fully saturated rings. The first-order valence-corrected chi connectivity index (χ1v) is 11.0. The van der Waals surface area contributed by atoms with Crippen molar-refractivity contribution in [3.8, 4) is 0 Å². The van der Waals surface area contributed by atoms with E-state index in [0.29, 0.717) is 5.69 Å². The summed E-state index contributed by atoms with van der Waals surface area (Å²) in [6.45, 7) is 6.41. The van der Waals surface area contributed by atoms with Crippen LogP contribution >= 0.6 is 28.1 Å². The van der Waals surface area contributed by atoms with Crippen molar-refractivity contribution in [2.45, 2.75) is 26.3 Å². The van der Waals surface area contributed by atoms with E-state index < -0.39 is 11.8 Å². The average molecular weight is 496 g/mol. The van der Waals surface area contributed by atoms with Gasteiger partial charge in [-0.05, 0) is 80.5 Å². The molecule has 2 aromatic rings. The second-order valence-corrected chi connectivity index (χ2v) is 9.56. The summed E-state index contributed by atoms with van der Waals surface area (Å²) in [6, 6.07) is 13.2. The number of carbonyl (C=O) groups excluding carboxylic acids is 2. The number of thiocarbonyl (C=S) groups is 1. The summed E-state index contributed by atoms with van der Waals surface area (Å²) in [4.78, 5) is 29.4. The van der Waals surface area contributed by atoms with Crippen molar-refractivity contribution in [1.82, 2.24) is 5.32 Å². The smallest absolute Gasteiger partial charge is 0.270 e. The molecule has 2 aliphatic rings. The molecule has 158 valence electrons. The Bertz CT molecular complexity index is 1200. The van der Waals surface area contributed by atoms with Crippen LogP contribution in [0, 0.1) is 0 Å². The van der Waals surface area contributed by atoms with Gasteiger partial charge in [-0.2, -0.15) is 0 Å². The SMILES string of the molecule is CC1=CC(C)(C)N(C)c2ccc(/C=C3\C(=O)NC(=S)N(c4cccc(Br)c4)C3=O)cc21. The van der Waals surface area contributed by atoms with Crippen LogP contribution in [-0.2, 0) is 9.59 Å². The number of fused-ring (bicyclic) bond motifs is 1. The summed E-state index contributed by atoms with van der Waals surface area (Å²) in [7, 11) is 2.06. The van der Waals surface area contributed by atoms with E-state index in [0.717, 1.165) is 26.9 Å². The maximum atomic E-state index is 13.2. The molecule has 0 spiro atoms. The first kappa shape index (κ1) is 21.5. The maximum Gasteiger partial charge on any atom is 0.270 e. The fourth-order valence-corrected chi connectivity index (χ4v) is 4.61. The number of benzene rings is 2. The molecule has 2 amide bonds. The van der Waals surface area contributed by atoms with Crippen LogP contribution in [0.1, 0.15) is 31.9 Å². The minimum Gasteiger partial charge on any atom is -0.366 e. The second-order valence-electron chi connectivity index (χ2n) is 8.25. The quantitative estimate of drug-likeness (QED) is 0.365. The number of hydrogen-bond acceptors (Lipinski definition) is 4. The highest BCUT2D eigenvalue weighted by atomic mass is 79.9. The summed E-state index contributed by atoms with van der Waals surface area (Å²) in [5.41, 5.74) is 4.68. The van der Waals surface area contributed by atoms with Gasteiger partial charge in [0.15, 0.2) is 5.11 Å². The zero-order valence-corrected chi connectivity index (χ0v) is 20.1. The molecule has 0 aliphatic carbocycles. The second kappa shape index (κ2) is 7.73. The van der Waals surface area contributed by atoms with E-state index >= 15 is 0 Å². The van der Waals surface area contributed by atoms with Gasteiger partial charge in [0, 0.05) is 22.8 Å². The van der Waals surface area contributed by atoms with Crippen LogP contribution < -0.4 is 15.1 Å². The Morgan fingerprint density at radius 2 is 1.87 bits per heavy atom. The number of nitrogens with zero attached hydrogens (tertiary/aromatic N) is 2. The maximum absolute atomic E-state index is 13.2. The van der Waals surface area contributed by atoms with Crippen LogP contribution in [-0.4, -0.2) is 29.5 Å². The average Bonchev–Trinajstić information content (AvgIpc) is 2.69. The summed E-state index contributed by atoms with van der Waals surface area (Å²) < 4.78 is 0.812. The number of allylic oxidation sites excluding steroid dienone is 1. The predicted octanol–water partition coefficient (Wildman–Crippen LogP) is 4.91. The number of nitrogens with one attached hydrogen (secondary N) is 1.